The van der Waals surface area contributed by atoms with Gasteiger partial charge in [0.25, 0.3) is 5.69 Å². The minimum absolute atomic E-state index is 0.375. The molecule has 0 aliphatic heterocycles. The third-order valence-electron chi connectivity index (χ3n) is 2.19. The summed E-state index contributed by atoms with van der Waals surface area (Å²) < 4.78 is 66.4. The number of Topliss-reactive ketones (excluding diaryl/α,β-unsaturated/α-hetero) is 1. The smallest absolute Gasteiger partial charge is 0.420 e. The summed E-state index contributed by atoms with van der Waals surface area (Å²) in [6.45, 7) is -2.92. The molecule has 0 aliphatic carbocycles. The minimum atomic E-state index is -5.27. The summed E-state index contributed by atoms with van der Waals surface area (Å²) in [6.07, 6.45) is -5.27. The Morgan fingerprint density at radius 2 is 1.90 bits per heavy atom. The van der Waals surface area contributed by atoms with E-state index in [0.29, 0.717) is 19.1 Å². The van der Waals surface area contributed by atoms with Crippen LogP contribution in [0.25, 0.3) is 0 Å². The van der Waals surface area contributed by atoms with Crippen molar-refractivity contribution in [3.8, 4) is 5.75 Å². The first-order chi connectivity index (χ1) is 9.05. The molecule has 10 heteroatoms. The fourth-order valence-electron chi connectivity index (χ4n) is 1.56. The van der Waals surface area contributed by atoms with Gasteiger partial charge in [-0.15, -0.1) is 0 Å². The van der Waals surface area contributed by atoms with Gasteiger partial charge < -0.3 is 4.74 Å². The number of carbonyl (C=O) groups excluding carboxylic acids is 1. The lowest BCUT2D eigenvalue weighted by molar-refractivity contribution is -0.385. The molecule has 0 radical (unpaired) electrons. The molecule has 1 aromatic rings. The Bertz CT molecular complexity index is 555. The predicted octanol–water partition coefficient (Wildman–Crippen LogP) is 3.42. The number of ether oxygens (including phenoxy) is 1. The van der Waals surface area contributed by atoms with Crippen molar-refractivity contribution in [3.05, 3.63) is 33.4 Å². The number of carbonyl (C=O) groups is 1. The Morgan fingerprint density at radius 3 is 2.25 bits per heavy atom. The van der Waals surface area contributed by atoms with Crippen LogP contribution >= 0.6 is 0 Å². The Morgan fingerprint density at radius 1 is 1.35 bits per heavy atom. The van der Waals surface area contributed by atoms with Crippen molar-refractivity contribution in [2.24, 2.45) is 0 Å². The van der Waals surface area contributed by atoms with Gasteiger partial charge in [-0.2, -0.15) is 22.0 Å². The molecule has 0 atom stereocenters. The van der Waals surface area contributed by atoms with Gasteiger partial charge in [0.1, 0.15) is 16.9 Å². The number of hydrogen-bond donors (Lipinski definition) is 0. The largest absolute Gasteiger partial charge is 0.434 e. The highest BCUT2D eigenvalue weighted by molar-refractivity contribution is 6.00. The predicted molar refractivity (Wildman–Crippen MR) is 54.7 cm³/mol. The molecule has 0 unspecified atom stereocenters. The van der Waals surface area contributed by atoms with Crippen molar-refractivity contribution in [2.75, 3.05) is 0 Å². The quantitative estimate of drug-likeness (QED) is 0.370. The van der Waals surface area contributed by atoms with Crippen LogP contribution in [0.4, 0.5) is 27.6 Å². The topological polar surface area (TPSA) is 69.4 Å². The average Bonchev–Trinajstić information content (AvgIpc) is 2.25. The van der Waals surface area contributed by atoms with Crippen molar-refractivity contribution >= 4 is 11.5 Å². The van der Waals surface area contributed by atoms with E-state index < -0.39 is 46.1 Å². The van der Waals surface area contributed by atoms with Crippen molar-refractivity contribution < 1.29 is 36.4 Å². The van der Waals surface area contributed by atoms with Crippen molar-refractivity contribution in [2.45, 2.75) is 19.7 Å². The van der Waals surface area contributed by atoms with E-state index in [-0.39, 0.29) is 0 Å². The Kier molecular flexibility index (Phi) is 4.26. The second-order valence-electron chi connectivity index (χ2n) is 3.52. The fourth-order valence-corrected chi connectivity index (χ4v) is 1.56. The van der Waals surface area contributed by atoms with E-state index in [4.69, 9.17) is 0 Å². The molecule has 1 aromatic carbocycles. The number of nitrogens with zero attached hydrogens (tertiary/aromatic N) is 1. The van der Waals surface area contributed by atoms with Gasteiger partial charge in [-0.1, -0.05) is 0 Å². The molecular weight excluding hydrogens is 293 g/mol. The van der Waals surface area contributed by atoms with Crippen molar-refractivity contribution in [3.63, 3.8) is 0 Å². The summed E-state index contributed by atoms with van der Waals surface area (Å²) in [5.74, 6) is -2.63. The van der Waals surface area contributed by atoms with E-state index in [1.165, 1.54) is 0 Å². The number of ketones is 1. The number of rotatable bonds is 4. The summed E-state index contributed by atoms with van der Waals surface area (Å²) in [4.78, 5) is 20.7. The van der Waals surface area contributed by atoms with E-state index in [2.05, 4.69) is 4.74 Å². The third-order valence-corrected chi connectivity index (χ3v) is 2.19. The van der Waals surface area contributed by atoms with Crippen LogP contribution in [0, 0.1) is 10.1 Å². The highest BCUT2D eigenvalue weighted by atomic mass is 19.4. The molecular formula is C10H6F5NO4. The molecule has 0 N–H and O–H groups in total. The molecule has 0 aliphatic rings. The second-order valence-corrected chi connectivity index (χ2v) is 3.52. The Labute approximate surface area is 108 Å². The van der Waals surface area contributed by atoms with E-state index in [0.717, 1.165) is 0 Å². The molecule has 0 heterocycles. The molecule has 0 aromatic heterocycles. The highest BCUT2D eigenvalue weighted by Crippen LogP contribution is 2.42. The van der Waals surface area contributed by atoms with Crippen LogP contribution in [-0.4, -0.2) is 17.3 Å². The first-order valence-electron chi connectivity index (χ1n) is 4.90. The van der Waals surface area contributed by atoms with Crippen LogP contribution in [0.15, 0.2) is 12.1 Å². The molecule has 0 spiro atoms. The molecule has 110 valence electrons. The second kappa shape index (κ2) is 5.39. The molecule has 0 saturated carbocycles. The number of hydrogen-bond acceptors (Lipinski definition) is 4. The summed E-state index contributed by atoms with van der Waals surface area (Å²) in [5.41, 5.74) is -4.34. The van der Waals surface area contributed by atoms with Gasteiger partial charge in [-0.25, -0.2) is 0 Å². The Balaban J connectivity index is 3.71. The van der Waals surface area contributed by atoms with Crippen LogP contribution in [0.1, 0.15) is 22.8 Å². The summed E-state index contributed by atoms with van der Waals surface area (Å²) in [7, 11) is 0. The first kappa shape index (κ1) is 15.8. The summed E-state index contributed by atoms with van der Waals surface area (Å²) in [6, 6.07) is 0.878. The average molecular weight is 299 g/mol. The minimum Gasteiger partial charge on any atom is -0.434 e. The van der Waals surface area contributed by atoms with E-state index in [1.807, 2.05) is 0 Å². The van der Waals surface area contributed by atoms with E-state index in [9.17, 15) is 36.9 Å². The van der Waals surface area contributed by atoms with Gasteiger partial charge in [0.05, 0.1) is 4.92 Å². The maximum absolute atomic E-state index is 12.9. The SMILES string of the molecule is CC(=O)c1c([N+](=O)[O-])ccc(OC(F)F)c1C(F)(F)F. The van der Waals surface area contributed by atoms with Gasteiger partial charge in [-0.3, -0.25) is 14.9 Å². The summed E-state index contributed by atoms with van der Waals surface area (Å²) >= 11 is 0. The third kappa shape index (κ3) is 3.19. The number of halogens is 5. The fraction of sp³-hybridized carbons (Fsp3) is 0.300. The number of alkyl halides is 5. The Hall–Kier alpha value is -2.26. The van der Waals surface area contributed by atoms with Gasteiger partial charge in [0, 0.05) is 6.07 Å². The number of nitro groups is 1. The standard InChI is InChI=1S/C10H6F5NO4/c1-4(17)7-5(16(18)19)2-3-6(20-9(11)12)8(7)10(13,14)15/h2-3,9H,1H3. The van der Waals surface area contributed by atoms with E-state index >= 15 is 0 Å². The van der Waals surface area contributed by atoms with Gasteiger partial charge in [0.2, 0.25) is 0 Å². The molecule has 20 heavy (non-hydrogen) atoms. The first-order valence-corrected chi connectivity index (χ1v) is 4.90. The van der Waals surface area contributed by atoms with Crippen molar-refractivity contribution in [1.29, 1.82) is 0 Å². The zero-order valence-electron chi connectivity index (χ0n) is 9.70. The number of benzene rings is 1. The van der Waals surface area contributed by atoms with Crippen molar-refractivity contribution in [1.82, 2.24) is 0 Å². The molecule has 1 rings (SSSR count). The molecule has 5 nitrogen and oxygen atoms in total. The highest BCUT2D eigenvalue weighted by Gasteiger charge is 2.42. The lowest BCUT2D eigenvalue weighted by Crippen LogP contribution is -2.17. The maximum atomic E-state index is 12.9. The zero-order chi connectivity index (χ0) is 15.7. The molecule has 0 saturated heterocycles. The lowest BCUT2D eigenvalue weighted by Gasteiger charge is -2.16. The van der Waals surface area contributed by atoms with E-state index in [1.54, 1.807) is 0 Å². The maximum Gasteiger partial charge on any atom is 0.420 e. The monoisotopic (exact) mass is 299 g/mol. The van der Waals surface area contributed by atoms with Crippen LogP contribution in [0.2, 0.25) is 0 Å². The van der Waals surface area contributed by atoms with Crippen LogP contribution in [0.5, 0.6) is 5.75 Å². The lowest BCUT2D eigenvalue weighted by atomic mass is 10.0. The zero-order valence-corrected chi connectivity index (χ0v) is 9.70. The molecule has 0 fully saturated rings. The van der Waals surface area contributed by atoms with Crippen LogP contribution in [-0.2, 0) is 6.18 Å². The summed E-state index contributed by atoms with van der Waals surface area (Å²) in [5, 5.41) is 10.6. The van der Waals surface area contributed by atoms with Gasteiger partial charge in [-0.05, 0) is 13.0 Å². The van der Waals surface area contributed by atoms with Crippen LogP contribution in [0.3, 0.4) is 0 Å². The normalized spacial score (nSPS) is 11.6. The van der Waals surface area contributed by atoms with Crippen LogP contribution < -0.4 is 4.74 Å². The number of nitro benzene ring substituents is 1. The van der Waals surface area contributed by atoms with Gasteiger partial charge in [0.15, 0.2) is 5.78 Å². The molecule has 0 amide bonds. The molecule has 0 bridgehead atoms. The van der Waals surface area contributed by atoms with Gasteiger partial charge >= 0.3 is 12.8 Å².